The van der Waals surface area contributed by atoms with Crippen molar-refractivity contribution in [2.24, 2.45) is 16.8 Å². The molecule has 1 aromatic rings. The Bertz CT molecular complexity index is 624. The van der Waals surface area contributed by atoms with Crippen molar-refractivity contribution in [3.63, 3.8) is 0 Å². The standard InChI is InChI=1S/C18H26FN3O2.HI/c1-5-20-18(21-9-14-6-7-16(19)12(2)8-14)22-10-13(3)15(11-22)17(23)24-4;/h6-8,13,15H,5,9-11H2,1-4H3,(H,20,21);1H. The molecule has 0 radical (unpaired) electrons. The first-order chi connectivity index (χ1) is 11.5. The first-order valence-corrected chi connectivity index (χ1v) is 8.32. The Morgan fingerprint density at radius 3 is 2.76 bits per heavy atom. The number of nitrogens with zero attached hydrogens (tertiary/aromatic N) is 2. The van der Waals surface area contributed by atoms with Gasteiger partial charge >= 0.3 is 5.97 Å². The van der Waals surface area contributed by atoms with Crippen LogP contribution in [-0.4, -0.2) is 43.6 Å². The summed E-state index contributed by atoms with van der Waals surface area (Å²) in [6.07, 6.45) is 0. The summed E-state index contributed by atoms with van der Waals surface area (Å²) in [6.45, 7) is 8.38. The molecule has 0 aromatic heterocycles. The van der Waals surface area contributed by atoms with Crippen LogP contribution in [0.1, 0.15) is 25.0 Å². The highest BCUT2D eigenvalue weighted by Gasteiger charge is 2.36. The number of aryl methyl sites for hydroxylation is 1. The van der Waals surface area contributed by atoms with E-state index in [-0.39, 0.29) is 47.6 Å². The first kappa shape index (κ1) is 21.7. The zero-order valence-corrected chi connectivity index (χ0v) is 17.5. The van der Waals surface area contributed by atoms with Crippen LogP contribution in [-0.2, 0) is 16.1 Å². The number of hydrogen-bond acceptors (Lipinski definition) is 3. The fraction of sp³-hybridized carbons (Fsp3) is 0.556. The second-order valence-corrected chi connectivity index (χ2v) is 6.27. The molecule has 1 aliphatic rings. The van der Waals surface area contributed by atoms with Crippen molar-refractivity contribution >= 4 is 35.9 Å². The SMILES string of the molecule is CCNC(=NCc1ccc(F)c(C)c1)N1CC(C)C(C(=O)OC)C1.I. The summed E-state index contributed by atoms with van der Waals surface area (Å²) in [5.74, 6) is 0.484. The number of benzene rings is 1. The van der Waals surface area contributed by atoms with Crippen LogP contribution in [0.5, 0.6) is 0 Å². The third-order valence-electron chi connectivity index (χ3n) is 4.38. The van der Waals surface area contributed by atoms with E-state index in [2.05, 4.69) is 22.1 Å². The number of rotatable bonds is 4. The molecule has 140 valence electrons. The van der Waals surface area contributed by atoms with Crippen LogP contribution in [0.2, 0.25) is 0 Å². The maximum Gasteiger partial charge on any atom is 0.310 e. The lowest BCUT2D eigenvalue weighted by Gasteiger charge is -2.21. The minimum Gasteiger partial charge on any atom is -0.469 e. The van der Waals surface area contributed by atoms with E-state index >= 15 is 0 Å². The van der Waals surface area contributed by atoms with Gasteiger partial charge in [-0.05, 0) is 37.0 Å². The number of carbonyl (C=O) groups is 1. The Labute approximate surface area is 166 Å². The highest BCUT2D eigenvalue weighted by Crippen LogP contribution is 2.24. The van der Waals surface area contributed by atoms with Gasteiger partial charge < -0.3 is 15.0 Å². The van der Waals surface area contributed by atoms with Gasteiger partial charge in [-0.1, -0.05) is 19.1 Å². The average molecular weight is 463 g/mol. The number of methoxy groups -OCH3 is 1. The van der Waals surface area contributed by atoms with Crippen LogP contribution in [0, 0.1) is 24.6 Å². The number of likely N-dealkylation sites (tertiary alicyclic amines) is 1. The van der Waals surface area contributed by atoms with Crippen LogP contribution >= 0.6 is 24.0 Å². The lowest BCUT2D eigenvalue weighted by atomic mass is 9.99. The molecule has 2 unspecified atom stereocenters. The van der Waals surface area contributed by atoms with Gasteiger partial charge in [-0.25, -0.2) is 9.38 Å². The molecule has 1 aromatic carbocycles. The summed E-state index contributed by atoms with van der Waals surface area (Å²) in [6, 6.07) is 5.03. The number of carbonyl (C=O) groups excluding carboxylic acids is 1. The Morgan fingerprint density at radius 2 is 2.16 bits per heavy atom. The predicted molar refractivity (Wildman–Crippen MR) is 108 cm³/mol. The second kappa shape index (κ2) is 9.94. The molecular formula is C18H27FIN3O2. The van der Waals surface area contributed by atoms with Crippen molar-refractivity contribution in [3.8, 4) is 0 Å². The third-order valence-corrected chi connectivity index (χ3v) is 4.38. The van der Waals surface area contributed by atoms with Gasteiger partial charge in [0.05, 0.1) is 19.6 Å². The molecule has 0 saturated carbocycles. The summed E-state index contributed by atoms with van der Waals surface area (Å²) < 4.78 is 18.2. The van der Waals surface area contributed by atoms with Gasteiger partial charge in [0.25, 0.3) is 0 Å². The van der Waals surface area contributed by atoms with Crippen molar-refractivity contribution in [2.45, 2.75) is 27.3 Å². The average Bonchev–Trinajstić information content (AvgIpc) is 2.95. The van der Waals surface area contributed by atoms with E-state index in [0.717, 1.165) is 24.6 Å². The van der Waals surface area contributed by atoms with Crippen molar-refractivity contribution in [1.82, 2.24) is 10.2 Å². The number of esters is 1. The Morgan fingerprint density at radius 1 is 1.44 bits per heavy atom. The van der Waals surface area contributed by atoms with Crippen LogP contribution < -0.4 is 5.32 Å². The topological polar surface area (TPSA) is 53.9 Å². The molecule has 7 heteroatoms. The molecule has 2 rings (SSSR count). The molecule has 25 heavy (non-hydrogen) atoms. The van der Waals surface area contributed by atoms with Crippen LogP contribution in [0.25, 0.3) is 0 Å². The fourth-order valence-corrected chi connectivity index (χ4v) is 3.00. The van der Waals surface area contributed by atoms with Crippen LogP contribution in [0.3, 0.4) is 0 Å². The molecule has 1 fully saturated rings. The molecule has 0 aliphatic carbocycles. The van der Waals surface area contributed by atoms with E-state index in [0.29, 0.717) is 18.7 Å². The monoisotopic (exact) mass is 463 g/mol. The summed E-state index contributed by atoms with van der Waals surface area (Å²) in [5, 5.41) is 3.27. The van der Waals surface area contributed by atoms with Gasteiger partial charge in [0.15, 0.2) is 5.96 Å². The quantitative estimate of drug-likeness (QED) is 0.323. The van der Waals surface area contributed by atoms with Gasteiger partial charge in [-0.3, -0.25) is 4.79 Å². The Hall–Kier alpha value is -1.38. The Balaban J connectivity index is 0.00000312. The number of nitrogens with one attached hydrogen (secondary N) is 1. The van der Waals surface area contributed by atoms with E-state index < -0.39 is 0 Å². The molecule has 1 heterocycles. The maximum absolute atomic E-state index is 13.4. The van der Waals surface area contributed by atoms with Gasteiger partial charge in [0.1, 0.15) is 5.82 Å². The fourth-order valence-electron chi connectivity index (χ4n) is 3.00. The number of halogens is 2. The van der Waals surface area contributed by atoms with Crippen molar-refractivity contribution in [1.29, 1.82) is 0 Å². The predicted octanol–water partition coefficient (Wildman–Crippen LogP) is 2.96. The molecule has 2 atom stereocenters. The van der Waals surface area contributed by atoms with Gasteiger partial charge in [0, 0.05) is 19.6 Å². The van der Waals surface area contributed by atoms with Crippen LogP contribution in [0.15, 0.2) is 23.2 Å². The van der Waals surface area contributed by atoms with E-state index in [1.165, 1.54) is 13.2 Å². The zero-order valence-electron chi connectivity index (χ0n) is 15.2. The summed E-state index contributed by atoms with van der Waals surface area (Å²) in [5.41, 5.74) is 1.58. The van der Waals surface area contributed by atoms with E-state index in [1.807, 2.05) is 13.0 Å². The minimum absolute atomic E-state index is 0. The maximum atomic E-state index is 13.4. The lowest BCUT2D eigenvalue weighted by molar-refractivity contribution is -0.145. The van der Waals surface area contributed by atoms with Crippen molar-refractivity contribution in [2.75, 3.05) is 26.7 Å². The largest absolute Gasteiger partial charge is 0.469 e. The molecular weight excluding hydrogens is 436 g/mol. The molecule has 5 nitrogen and oxygen atoms in total. The highest BCUT2D eigenvalue weighted by atomic mass is 127. The van der Waals surface area contributed by atoms with Gasteiger partial charge in [-0.15, -0.1) is 24.0 Å². The van der Waals surface area contributed by atoms with Gasteiger partial charge in [-0.2, -0.15) is 0 Å². The molecule has 1 saturated heterocycles. The second-order valence-electron chi connectivity index (χ2n) is 6.27. The van der Waals surface area contributed by atoms with E-state index in [4.69, 9.17) is 4.74 Å². The molecule has 1 aliphatic heterocycles. The van der Waals surface area contributed by atoms with E-state index in [1.54, 1.807) is 13.0 Å². The summed E-state index contributed by atoms with van der Waals surface area (Å²) in [7, 11) is 1.42. The molecule has 1 N–H and O–H groups in total. The lowest BCUT2D eigenvalue weighted by Crippen LogP contribution is -2.40. The number of hydrogen-bond donors (Lipinski definition) is 1. The highest BCUT2D eigenvalue weighted by molar-refractivity contribution is 14.0. The normalized spacial score (nSPS) is 20.2. The number of aliphatic imine (C=N–C) groups is 1. The van der Waals surface area contributed by atoms with Gasteiger partial charge in [0.2, 0.25) is 0 Å². The molecule has 0 spiro atoms. The van der Waals surface area contributed by atoms with E-state index in [9.17, 15) is 9.18 Å². The summed E-state index contributed by atoms with van der Waals surface area (Å²) in [4.78, 5) is 18.6. The molecule has 0 bridgehead atoms. The van der Waals surface area contributed by atoms with Crippen LogP contribution in [0.4, 0.5) is 4.39 Å². The van der Waals surface area contributed by atoms with Crippen molar-refractivity contribution < 1.29 is 13.9 Å². The third kappa shape index (κ3) is 5.55. The molecule has 0 amide bonds. The Kier molecular flexibility index (Phi) is 8.61. The number of guanidine groups is 1. The first-order valence-electron chi connectivity index (χ1n) is 8.32. The summed E-state index contributed by atoms with van der Waals surface area (Å²) >= 11 is 0. The van der Waals surface area contributed by atoms with Crippen molar-refractivity contribution in [3.05, 3.63) is 35.1 Å². The minimum atomic E-state index is -0.205. The zero-order chi connectivity index (χ0) is 17.7. The number of ether oxygens (including phenoxy) is 1. The smallest absolute Gasteiger partial charge is 0.310 e.